The lowest BCUT2D eigenvalue weighted by Gasteiger charge is -2.34. The fraction of sp³-hybridized carbons (Fsp3) is 0.818. The zero-order chi connectivity index (χ0) is 19.2. The number of hydrogen-bond acceptors (Lipinski definition) is 5. The maximum Gasteiger partial charge on any atom is 0.223 e. The van der Waals surface area contributed by atoms with Crippen LogP contribution in [-0.4, -0.2) is 55.4 Å². The molecule has 2 saturated heterocycles. The average molecular weight is 390 g/mol. The molecule has 1 N–H and O–H groups in total. The molecule has 1 aromatic rings. The first-order valence-electron chi connectivity index (χ1n) is 11.3. The van der Waals surface area contributed by atoms with E-state index in [0.717, 1.165) is 62.8 Å². The van der Waals surface area contributed by atoms with E-state index in [9.17, 15) is 4.79 Å². The minimum absolute atomic E-state index is 0.290. The molecule has 1 amide bonds. The molecular weight excluding hydrogens is 354 g/mol. The van der Waals surface area contributed by atoms with Crippen molar-refractivity contribution in [3.63, 3.8) is 0 Å². The molecule has 1 aromatic heterocycles. The number of rotatable bonds is 6. The van der Waals surface area contributed by atoms with Crippen molar-refractivity contribution in [1.29, 1.82) is 0 Å². The molecule has 1 aliphatic carbocycles. The largest absolute Gasteiger partial charge is 0.378 e. The molecule has 4 rings (SSSR count). The summed E-state index contributed by atoms with van der Waals surface area (Å²) in [7, 11) is 0. The lowest BCUT2D eigenvalue weighted by molar-refractivity contribution is -0.136. The van der Waals surface area contributed by atoms with Crippen LogP contribution in [0.5, 0.6) is 0 Å². The third-order valence-electron chi connectivity index (χ3n) is 6.86. The van der Waals surface area contributed by atoms with Gasteiger partial charge in [-0.25, -0.2) is 0 Å². The van der Waals surface area contributed by atoms with Crippen molar-refractivity contribution < 1.29 is 14.1 Å². The van der Waals surface area contributed by atoms with E-state index in [1.807, 2.05) is 4.90 Å². The van der Waals surface area contributed by atoms with Crippen LogP contribution in [0.2, 0.25) is 0 Å². The molecule has 3 fully saturated rings. The Morgan fingerprint density at radius 3 is 2.75 bits per heavy atom. The first-order valence-corrected chi connectivity index (χ1v) is 11.3. The van der Waals surface area contributed by atoms with E-state index in [-0.39, 0.29) is 0 Å². The second-order valence-corrected chi connectivity index (χ2v) is 8.91. The first kappa shape index (κ1) is 19.9. The van der Waals surface area contributed by atoms with Crippen LogP contribution in [0.4, 0.5) is 0 Å². The number of aromatic nitrogens is 1. The maximum absolute atomic E-state index is 12.7. The van der Waals surface area contributed by atoms with Crippen LogP contribution in [0.3, 0.4) is 0 Å². The molecule has 2 aliphatic heterocycles. The van der Waals surface area contributed by atoms with Crippen molar-refractivity contribution in [3.8, 4) is 0 Å². The van der Waals surface area contributed by atoms with Crippen molar-refractivity contribution in [1.82, 2.24) is 15.4 Å². The number of amides is 1. The number of hydrogen-bond donors (Lipinski definition) is 1. The second kappa shape index (κ2) is 9.88. The number of nitrogens with zero attached hydrogens (tertiary/aromatic N) is 2. The smallest absolute Gasteiger partial charge is 0.223 e. The summed E-state index contributed by atoms with van der Waals surface area (Å²) in [6.07, 6.45) is 10.4. The van der Waals surface area contributed by atoms with Crippen molar-refractivity contribution in [2.24, 2.45) is 17.8 Å². The van der Waals surface area contributed by atoms with E-state index in [0.29, 0.717) is 37.4 Å². The highest BCUT2D eigenvalue weighted by molar-refractivity contribution is 5.76. The van der Waals surface area contributed by atoms with Gasteiger partial charge in [-0.05, 0) is 43.7 Å². The third-order valence-corrected chi connectivity index (χ3v) is 6.86. The zero-order valence-electron chi connectivity index (χ0n) is 17.0. The lowest BCUT2D eigenvalue weighted by atomic mass is 9.80. The van der Waals surface area contributed by atoms with Gasteiger partial charge in [-0.15, -0.1) is 0 Å². The normalized spacial score (nSPS) is 27.1. The highest BCUT2D eigenvalue weighted by Crippen LogP contribution is 2.29. The summed E-state index contributed by atoms with van der Waals surface area (Å²) in [4.78, 5) is 14.7. The predicted octanol–water partition coefficient (Wildman–Crippen LogP) is 2.81. The molecule has 0 spiro atoms. The van der Waals surface area contributed by atoms with Crippen molar-refractivity contribution in [2.45, 2.75) is 57.8 Å². The van der Waals surface area contributed by atoms with Gasteiger partial charge in [0.1, 0.15) is 5.76 Å². The van der Waals surface area contributed by atoms with Gasteiger partial charge < -0.3 is 19.5 Å². The summed E-state index contributed by atoms with van der Waals surface area (Å²) in [5.41, 5.74) is 1.06. The number of ether oxygens (including phenoxy) is 1. The lowest BCUT2D eigenvalue weighted by Crippen LogP contribution is -2.44. The summed E-state index contributed by atoms with van der Waals surface area (Å²) in [5.74, 6) is 2.98. The Morgan fingerprint density at radius 1 is 1.11 bits per heavy atom. The average Bonchev–Trinajstić information content (AvgIpc) is 3.17. The number of piperidine rings is 1. The molecule has 3 aliphatic rings. The number of nitrogens with one attached hydrogen (secondary N) is 1. The number of carbonyl (C=O) groups excluding carboxylic acids is 1. The van der Waals surface area contributed by atoms with Crippen molar-refractivity contribution in [3.05, 3.63) is 17.5 Å². The Morgan fingerprint density at radius 2 is 1.93 bits per heavy atom. The molecule has 0 unspecified atom stereocenters. The van der Waals surface area contributed by atoms with Gasteiger partial charge in [0.2, 0.25) is 5.91 Å². The monoisotopic (exact) mass is 389 g/mol. The topological polar surface area (TPSA) is 67.6 Å². The van der Waals surface area contributed by atoms with Crippen molar-refractivity contribution >= 4 is 5.91 Å². The Labute approximate surface area is 168 Å². The van der Waals surface area contributed by atoms with Crippen LogP contribution in [0, 0.1) is 17.8 Å². The Hall–Kier alpha value is -1.40. The Bertz CT molecular complexity index is 620. The van der Waals surface area contributed by atoms with Gasteiger partial charge in [0.15, 0.2) is 0 Å². The second-order valence-electron chi connectivity index (χ2n) is 8.91. The molecule has 2 atom stereocenters. The predicted molar refractivity (Wildman–Crippen MR) is 107 cm³/mol. The van der Waals surface area contributed by atoms with E-state index >= 15 is 0 Å². The summed E-state index contributed by atoms with van der Waals surface area (Å²) in [6.45, 7) is 4.79. The van der Waals surface area contributed by atoms with E-state index in [4.69, 9.17) is 9.26 Å². The highest BCUT2D eigenvalue weighted by atomic mass is 16.5. The van der Waals surface area contributed by atoms with E-state index < -0.39 is 0 Å². The van der Waals surface area contributed by atoms with Crippen LogP contribution in [-0.2, 0) is 22.4 Å². The van der Waals surface area contributed by atoms with Crippen molar-refractivity contribution in [2.75, 3.05) is 39.4 Å². The molecule has 6 nitrogen and oxygen atoms in total. The SMILES string of the molecule is O=C(C[C@@H]1CCNC[C@@H]1Cc1cc(CC2CCCCC2)on1)N1CCOCC1. The van der Waals surface area contributed by atoms with Gasteiger partial charge in [0.05, 0.1) is 18.9 Å². The fourth-order valence-electron chi connectivity index (χ4n) is 5.14. The van der Waals surface area contributed by atoms with E-state index in [2.05, 4.69) is 16.5 Å². The van der Waals surface area contributed by atoms with Gasteiger partial charge in [-0.2, -0.15) is 0 Å². The summed E-state index contributed by atoms with van der Waals surface area (Å²) >= 11 is 0. The minimum atomic E-state index is 0.290. The molecule has 3 heterocycles. The fourth-order valence-corrected chi connectivity index (χ4v) is 5.14. The molecule has 6 heteroatoms. The molecule has 0 bridgehead atoms. The molecule has 156 valence electrons. The van der Waals surface area contributed by atoms with Gasteiger partial charge in [-0.3, -0.25) is 4.79 Å². The number of carbonyl (C=O) groups is 1. The third kappa shape index (κ3) is 5.35. The molecule has 1 saturated carbocycles. The van der Waals surface area contributed by atoms with Gasteiger partial charge in [-0.1, -0.05) is 37.3 Å². The Kier molecular flexibility index (Phi) is 7.02. The molecule has 0 radical (unpaired) electrons. The molecule has 0 aromatic carbocycles. The van der Waals surface area contributed by atoms with Gasteiger partial charge >= 0.3 is 0 Å². The van der Waals surface area contributed by atoms with Gasteiger partial charge in [0, 0.05) is 32.0 Å². The van der Waals surface area contributed by atoms with E-state index in [1.54, 1.807) is 0 Å². The molecular formula is C22H35N3O3. The Balaban J connectivity index is 1.31. The quantitative estimate of drug-likeness (QED) is 0.810. The summed E-state index contributed by atoms with van der Waals surface area (Å²) in [6, 6.07) is 2.17. The molecule has 28 heavy (non-hydrogen) atoms. The van der Waals surface area contributed by atoms with Crippen LogP contribution >= 0.6 is 0 Å². The summed E-state index contributed by atoms with van der Waals surface area (Å²) in [5, 5.41) is 7.87. The maximum atomic E-state index is 12.7. The summed E-state index contributed by atoms with van der Waals surface area (Å²) < 4.78 is 11.0. The van der Waals surface area contributed by atoms with Crippen LogP contribution < -0.4 is 5.32 Å². The minimum Gasteiger partial charge on any atom is -0.378 e. The highest BCUT2D eigenvalue weighted by Gasteiger charge is 2.30. The van der Waals surface area contributed by atoms with Crippen LogP contribution in [0.15, 0.2) is 10.6 Å². The first-order chi connectivity index (χ1) is 13.8. The van der Waals surface area contributed by atoms with Crippen LogP contribution in [0.1, 0.15) is 56.4 Å². The zero-order valence-corrected chi connectivity index (χ0v) is 17.0. The van der Waals surface area contributed by atoms with Gasteiger partial charge in [0.25, 0.3) is 0 Å². The standard InChI is InChI=1S/C22H35N3O3/c26-22(25-8-10-27-11-9-25)14-18-6-7-23-16-19(18)13-20-15-21(28-24-20)12-17-4-2-1-3-5-17/h15,17-19,23H,1-14,16H2/t18-,19-/m0/s1. The number of morpholine rings is 1. The van der Waals surface area contributed by atoms with Crippen LogP contribution in [0.25, 0.3) is 0 Å². The van der Waals surface area contributed by atoms with E-state index in [1.165, 1.54) is 32.1 Å².